The Morgan fingerprint density at radius 3 is 2.85 bits per heavy atom. The first-order valence-electron chi connectivity index (χ1n) is 8.44. The highest BCUT2D eigenvalue weighted by atomic mass is 16.5. The smallest absolute Gasteiger partial charge is 0.358 e. The van der Waals surface area contributed by atoms with Crippen molar-refractivity contribution in [2.45, 2.75) is 6.92 Å². The summed E-state index contributed by atoms with van der Waals surface area (Å²) in [5.41, 5.74) is 2.90. The summed E-state index contributed by atoms with van der Waals surface area (Å²) in [6.07, 6.45) is 5.00. The van der Waals surface area contributed by atoms with Crippen LogP contribution in [0.4, 0.5) is 5.69 Å². The topological polar surface area (TPSA) is 90.5 Å². The number of benzene rings is 1. The number of anilines is 1. The highest BCUT2D eigenvalue weighted by molar-refractivity contribution is 6.06. The number of nitrogens with one attached hydrogen (secondary N) is 1. The second kappa shape index (κ2) is 6.56. The Bertz CT molecular complexity index is 1170. The molecule has 1 N–H and O–H groups in total. The van der Waals surface area contributed by atoms with Crippen molar-refractivity contribution in [1.29, 1.82) is 0 Å². The van der Waals surface area contributed by atoms with Gasteiger partial charge in [0.1, 0.15) is 5.65 Å². The van der Waals surface area contributed by atoms with Crippen LogP contribution in [-0.2, 0) is 11.8 Å². The Balaban J connectivity index is 1.58. The molecule has 3 heterocycles. The standard InChI is InChI=1S/C19H17N5O3/c1-3-27-19(26)15-11-24-10-14(5-7-17(24)22-15)21-18(25)12-4-6-16-13(8-12)9-20-23(16)2/h4-11H,3H2,1-2H3,(H,21,25). The maximum Gasteiger partial charge on any atom is 0.358 e. The van der Waals surface area contributed by atoms with E-state index in [4.69, 9.17) is 4.74 Å². The molecule has 3 aromatic heterocycles. The predicted octanol–water partition coefficient (Wildman–Crippen LogP) is 2.65. The summed E-state index contributed by atoms with van der Waals surface area (Å²) in [5, 5.41) is 7.93. The van der Waals surface area contributed by atoms with E-state index in [-0.39, 0.29) is 18.2 Å². The summed E-state index contributed by atoms with van der Waals surface area (Å²) in [7, 11) is 1.85. The summed E-state index contributed by atoms with van der Waals surface area (Å²) in [6.45, 7) is 2.03. The largest absolute Gasteiger partial charge is 0.461 e. The molecule has 0 saturated carbocycles. The van der Waals surface area contributed by atoms with Gasteiger partial charge in [-0.25, -0.2) is 9.78 Å². The number of carbonyl (C=O) groups is 2. The fourth-order valence-electron chi connectivity index (χ4n) is 2.88. The lowest BCUT2D eigenvalue weighted by molar-refractivity contribution is 0.0520. The van der Waals surface area contributed by atoms with Gasteiger partial charge in [0.2, 0.25) is 0 Å². The zero-order chi connectivity index (χ0) is 19.0. The van der Waals surface area contributed by atoms with Crippen molar-refractivity contribution in [3.8, 4) is 0 Å². The van der Waals surface area contributed by atoms with Gasteiger partial charge in [0.25, 0.3) is 5.91 Å². The van der Waals surface area contributed by atoms with Gasteiger partial charge in [0.15, 0.2) is 5.69 Å². The Morgan fingerprint density at radius 1 is 1.19 bits per heavy atom. The van der Waals surface area contributed by atoms with Gasteiger partial charge in [0, 0.05) is 30.4 Å². The van der Waals surface area contributed by atoms with Crippen molar-refractivity contribution in [2.24, 2.45) is 7.05 Å². The minimum Gasteiger partial charge on any atom is -0.461 e. The number of aromatic nitrogens is 4. The summed E-state index contributed by atoms with van der Waals surface area (Å²) < 4.78 is 8.38. The van der Waals surface area contributed by atoms with Gasteiger partial charge in [-0.3, -0.25) is 9.48 Å². The molecule has 0 fully saturated rings. The molecule has 0 saturated heterocycles. The van der Waals surface area contributed by atoms with Gasteiger partial charge < -0.3 is 14.5 Å². The first-order chi connectivity index (χ1) is 13.0. The molecular formula is C19H17N5O3. The molecule has 4 aromatic rings. The van der Waals surface area contributed by atoms with E-state index in [1.165, 1.54) is 0 Å². The molecule has 0 unspecified atom stereocenters. The van der Waals surface area contributed by atoms with Gasteiger partial charge in [-0.2, -0.15) is 5.10 Å². The molecule has 8 nitrogen and oxygen atoms in total. The molecular weight excluding hydrogens is 346 g/mol. The Labute approximate surface area is 154 Å². The maximum atomic E-state index is 12.6. The first kappa shape index (κ1) is 16.8. The Hall–Kier alpha value is -3.68. The molecule has 0 radical (unpaired) electrons. The number of ether oxygens (including phenoxy) is 1. The second-order valence-electron chi connectivity index (χ2n) is 6.03. The predicted molar refractivity (Wildman–Crippen MR) is 99.8 cm³/mol. The maximum absolute atomic E-state index is 12.6. The van der Waals surface area contributed by atoms with Crippen LogP contribution in [0.1, 0.15) is 27.8 Å². The van der Waals surface area contributed by atoms with Crippen LogP contribution in [0.3, 0.4) is 0 Å². The number of aryl methyl sites for hydroxylation is 1. The molecule has 0 aliphatic rings. The van der Waals surface area contributed by atoms with Gasteiger partial charge in [-0.15, -0.1) is 0 Å². The fourth-order valence-corrected chi connectivity index (χ4v) is 2.88. The molecule has 0 aliphatic carbocycles. The molecule has 0 aliphatic heterocycles. The quantitative estimate of drug-likeness (QED) is 0.563. The minimum absolute atomic E-state index is 0.224. The number of rotatable bonds is 4. The van der Waals surface area contributed by atoms with E-state index in [0.29, 0.717) is 16.9 Å². The number of esters is 1. The number of amides is 1. The highest BCUT2D eigenvalue weighted by Gasteiger charge is 2.13. The van der Waals surface area contributed by atoms with Crippen LogP contribution >= 0.6 is 0 Å². The van der Waals surface area contributed by atoms with Gasteiger partial charge in [-0.05, 0) is 37.3 Å². The van der Waals surface area contributed by atoms with Crippen LogP contribution in [0.15, 0.2) is 48.9 Å². The normalized spacial score (nSPS) is 11.0. The first-order valence-corrected chi connectivity index (χ1v) is 8.44. The van der Waals surface area contributed by atoms with Crippen LogP contribution in [0.5, 0.6) is 0 Å². The number of fused-ring (bicyclic) bond motifs is 2. The fraction of sp³-hybridized carbons (Fsp3) is 0.158. The SMILES string of the molecule is CCOC(=O)c1cn2cc(NC(=O)c3ccc4c(cnn4C)c3)ccc2n1. The molecule has 0 bridgehead atoms. The zero-order valence-corrected chi connectivity index (χ0v) is 14.8. The molecule has 0 spiro atoms. The summed E-state index contributed by atoms with van der Waals surface area (Å²) >= 11 is 0. The summed E-state index contributed by atoms with van der Waals surface area (Å²) in [4.78, 5) is 28.6. The average molecular weight is 363 g/mol. The number of nitrogens with zero attached hydrogens (tertiary/aromatic N) is 4. The number of hydrogen-bond acceptors (Lipinski definition) is 5. The van der Waals surface area contributed by atoms with E-state index < -0.39 is 5.97 Å². The molecule has 27 heavy (non-hydrogen) atoms. The van der Waals surface area contributed by atoms with E-state index >= 15 is 0 Å². The molecule has 136 valence electrons. The third-order valence-electron chi connectivity index (χ3n) is 4.20. The van der Waals surface area contributed by atoms with Crippen LogP contribution in [0, 0.1) is 0 Å². The van der Waals surface area contributed by atoms with E-state index in [9.17, 15) is 9.59 Å². The number of hydrogen-bond donors (Lipinski definition) is 1. The van der Waals surface area contributed by atoms with E-state index in [2.05, 4.69) is 15.4 Å². The van der Waals surface area contributed by atoms with Gasteiger partial charge in [-0.1, -0.05) is 0 Å². The average Bonchev–Trinajstić information content (AvgIpc) is 3.25. The van der Waals surface area contributed by atoms with Gasteiger partial charge >= 0.3 is 5.97 Å². The number of carbonyl (C=O) groups excluding carboxylic acids is 2. The summed E-state index contributed by atoms with van der Waals surface area (Å²) in [6, 6.07) is 8.88. The van der Waals surface area contributed by atoms with E-state index in [1.54, 1.807) is 58.9 Å². The second-order valence-corrected chi connectivity index (χ2v) is 6.03. The number of imidazole rings is 1. The summed E-state index contributed by atoms with van der Waals surface area (Å²) in [5.74, 6) is -0.706. The van der Waals surface area contributed by atoms with E-state index in [1.807, 2.05) is 13.1 Å². The lowest BCUT2D eigenvalue weighted by Gasteiger charge is -2.06. The van der Waals surface area contributed by atoms with Crippen molar-refractivity contribution in [3.63, 3.8) is 0 Å². The lowest BCUT2D eigenvalue weighted by Crippen LogP contribution is -2.12. The van der Waals surface area contributed by atoms with Crippen molar-refractivity contribution >= 4 is 34.1 Å². The Morgan fingerprint density at radius 2 is 2.04 bits per heavy atom. The molecule has 0 atom stereocenters. The highest BCUT2D eigenvalue weighted by Crippen LogP contribution is 2.17. The van der Waals surface area contributed by atoms with Crippen molar-refractivity contribution in [2.75, 3.05) is 11.9 Å². The van der Waals surface area contributed by atoms with Crippen molar-refractivity contribution < 1.29 is 14.3 Å². The molecule has 8 heteroatoms. The van der Waals surface area contributed by atoms with Crippen LogP contribution in [0.2, 0.25) is 0 Å². The third-order valence-corrected chi connectivity index (χ3v) is 4.20. The van der Waals surface area contributed by atoms with Gasteiger partial charge in [0.05, 0.1) is 24.0 Å². The third kappa shape index (κ3) is 3.12. The Kier molecular flexibility index (Phi) is 4.08. The van der Waals surface area contributed by atoms with Crippen LogP contribution < -0.4 is 5.32 Å². The minimum atomic E-state index is -0.475. The lowest BCUT2D eigenvalue weighted by atomic mass is 10.1. The van der Waals surface area contributed by atoms with Crippen LogP contribution in [-0.4, -0.2) is 37.6 Å². The monoisotopic (exact) mass is 363 g/mol. The zero-order valence-electron chi connectivity index (χ0n) is 14.8. The molecule has 1 aromatic carbocycles. The van der Waals surface area contributed by atoms with Crippen molar-refractivity contribution in [1.82, 2.24) is 19.2 Å². The van der Waals surface area contributed by atoms with Crippen LogP contribution in [0.25, 0.3) is 16.6 Å². The van der Waals surface area contributed by atoms with Crippen molar-refractivity contribution in [3.05, 3.63) is 60.2 Å². The van der Waals surface area contributed by atoms with E-state index in [0.717, 1.165) is 10.9 Å². The number of pyridine rings is 1. The molecule has 4 rings (SSSR count). The molecule has 1 amide bonds.